The molecule has 2 aliphatic heterocycles. The molecule has 0 unspecified atom stereocenters. The minimum atomic E-state index is 0.424. The highest BCUT2D eigenvalue weighted by atomic mass is 16.5. The van der Waals surface area contributed by atoms with Crippen molar-refractivity contribution in [2.75, 3.05) is 33.3 Å². The van der Waals surface area contributed by atoms with Crippen LogP contribution in [0.25, 0.3) is 0 Å². The molecule has 2 fully saturated rings. The summed E-state index contributed by atoms with van der Waals surface area (Å²) in [5, 5.41) is 4.08. The van der Waals surface area contributed by atoms with Crippen molar-refractivity contribution in [1.29, 1.82) is 0 Å². The summed E-state index contributed by atoms with van der Waals surface area (Å²) in [6, 6.07) is 0.604. The number of rotatable bonds is 6. The molecule has 0 saturated carbocycles. The van der Waals surface area contributed by atoms with Crippen molar-refractivity contribution >= 4 is 0 Å². The summed E-state index contributed by atoms with van der Waals surface area (Å²) in [6.07, 6.45) is 7.48. The lowest BCUT2D eigenvalue weighted by molar-refractivity contribution is -0.0153. The molecule has 0 amide bonds. The molecule has 1 aromatic heterocycles. The van der Waals surface area contributed by atoms with Crippen LogP contribution in [0.1, 0.15) is 50.7 Å². The maximum absolute atomic E-state index is 5.89. The van der Waals surface area contributed by atoms with E-state index in [1.165, 1.54) is 32.1 Å². The van der Waals surface area contributed by atoms with E-state index in [1.807, 2.05) is 6.92 Å². The van der Waals surface area contributed by atoms with Crippen LogP contribution < -0.4 is 0 Å². The Hall–Kier alpha value is -0.980. The molecule has 3 heterocycles. The molecule has 6 heteroatoms. The number of nitrogens with zero attached hydrogens (tertiary/aromatic N) is 4. The van der Waals surface area contributed by atoms with Gasteiger partial charge in [0, 0.05) is 32.2 Å². The van der Waals surface area contributed by atoms with E-state index in [2.05, 4.69) is 27.0 Å². The standard InChI is InChI=1S/C17H30N4O2/c1-3-17-18-16(19-23-17)13-21-9-6-7-14(11-21)20(2)12-15-8-4-5-10-22-15/h14-15H,3-13H2,1-2H3/t14-,15-/m0/s1. The van der Waals surface area contributed by atoms with Crippen LogP contribution in [0.3, 0.4) is 0 Å². The Kier molecular flexibility index (Phi) is 6.02. The summed E-state index contributed by atoms with van der Waals surface area (Å²) in [5.74, 6) is 1.56. The molecule has 0 N–H and O–H groups in total. The molecule has 130 valence electrons. The van der Waals surface area contributed by atoms with Gasteiger partial charge in [-0.15, -0.1) is 0 Å². The molecular formula is C17H30N4O2. The van der Waals surface area contributed by atoms with Crippen molar-refractivity contribution in [2.45, 2.75) is 64.1 Å². The van der Waals surface area contributed by atoms with E-state index in [1.54, 1.807) is 0 Å². The van der Waals surface area contributed by atoms with Gasteiger partial charge in [0.2, 0.25) is 5.89 Å². The molecule has 0 aliphatic carbocycles. The number of likely N-dealkylation sites (tertiary alicyclic amines) is 1. The summed E-state index contributed by atoms with van der Waals surface area (Å²) in [4.78, 5) is 9.38. The zero-order valence-electron chi connectivity index (χ0n) is 14.5. The van der Waals surface area contributed by atoms with Crippen molar-refractivity contribution in [3.05, 3.63) is 11.7 Å². The number of ether oxygens (including phenoxy) is 1. The fourth-order valence-electron chi connectivity index (χ4n) is 3.65. The van der Waals surface area contributed by atoms with Gasteiger partial charge in [-0.3, -0.25) is 9.80 Å². The molecule has 0 spiro atoms. The average Bonchev–Trinajstić information content (AvgIpc) is 3.03. The van der Waals surface area contributed by atoms with Gasteiger partial charge in [-0.1, -0.05) is 12.1 Å². The van der Waals surface area contributed by atoms with E-state index in [0.29, 0.717) is 12.1 Å². The fourth-order valence-corrected chi connectivity index (χ4v) is 3.65. The molecule has 23 heavy (non-hydrogen) atoms. The smallest absolute Gasteiger partial charge is 0.226 e. The molecule has 3 rings (SSSR count). The second-order valence-corrected chi connectivity index (χ2v) is 6.92. The summed E-state index contributed by atoms with van der Waals surface area (Å²) in [6.45, 7) is 7.04. The van der Waals surface area contributed by atoms with Gasteiger partial charge in [-0.2, -0.15) is 4.98 Å². The van der Waals surface area contributed by atoms with Crippen molar-refractivity contribution in [2.24, 2.45) is 0 Å². The first-order valence-corrected chi connectivity index (χ1v) is 9.10. The monoisotopic (exact) mass is 322 g/mol. The Morgan fingerprint density at radius 1 is 1.26 bits per heavy atom. The fraction of sp³-hybridized carbons (Fsp3) is 0.882. The van der Waals surface area contributed by atoms with E-state index in [4.69, 9.17) is 9.26 Å². The van der Waals surface area contributed by atoms with Gasteiger partial charge in [0.05, 0.1) is 12.6 Å². The molecule has 1 aromatic rings. The van der Waals surface area contributed by atoms with E-state index in [-0.39, 0.29) is 0 Å². The second kappa shape index (κ2) is 8.22. The van der Waals surface area contributed by atoms with Gasteiger partial charge in [0.15, 0.2) is 5.82 Å². The number of hydrogen-bond donors (Lipinski definition) is 0. The highest BCUT2D eigenvalue weighted by molar-refractivity contribution is 4.89. The first-order chi connectivity index (χ1) is 11.2. The van der Waals surface area contributed by atoms with Crippen LogP contribution in [0.2, 0.25) is 0 Å². The Bertz CT molecular complexity index is 473. The van der Waals surface area contributed by atoms with Crippen LogP contribution in [-0.4, -0.2) is 65.4 Å². The predicted octanol–water partition coefficient (Wildman–Crippen LogP) is 2.10. The van der Waals surface area contributed by atoms with E-state index in [9.17, 15) is 0 Å². The summed E-state index contributed by atoms with van der Waals surface area (Å²) < 4.78 is 11.1. The zero-order chi connectivity index (χ0) is 16.1. The van der Waals surface area contributed by atoms with Gasteiger partial charge < -0.3 is 9.26 Å². The quantitative estimate of drug-likeness (QED) is 0.799. The largest absolute Gasteiger partial charge is 0.377 e. The lowest BCUT2D eigenvalue weighted by Crippen LogP contribution is -2.48. The number of hydrogen-bond acceptors (Lipinski definition) is 6. The summed E-state index contributed by atoms with van der Waals surface area (Å²) in [5.41, 5.74) is 0. The minimum absolute atomic E-state index is 0.424. The van der Waals surface area contributed by atoms with Crippen LogP contribution in [0, 0.1) is 0 Å². The maximum Gasteiger partial charge on any atom is 0.226 e. The number of likely N-dealkylation sites (N-methyl/N-ethyl adjacent to an activating group) is 1. The van der Waals surface area contributed by atoms with Crippen LogP contribution in [0.15, 0.2) is 4.52 Å². The third-order valence-electron chi connectivity index (χ3n) is 5.05. The van der Waals surface area contributed by atoms with Gasteiger partial charge >= 0.3 is 0 Å². The number of aromatic nitrogens is 2. The molecule has 2 saturated heterocycles. The van der Waals surface area contributed by atoms with Crippen LogP contribution in [-0.2, 0) is 17.7 Å². The van der Waals surface area contributed by atoms with Crippen LogP contribution >= 0.6 is 0 Å². The van der Waals surface area contributed by atoms with Gasteiger partial charge in [-0.05, 0) is 45.7 Å². The van der Waals surface area contributed by atoms with Crippen molar-refractivity contribution in [3.8, 4) is 0 Å². The topological polar surface area (TPSA) is 54.6 Å². The first-order valence-electron chi connectivity index (χ1n) is 9.10. The lowest BCUT2D eigenvalue weighted by Gasteiger charge is -2.39. The minimum Gasteiger partial charge on any atom is -0.377 e. The maximum atomic E-state index is 5.89. The zero-order valence-corrected chi connectivity index (χ0v) is 14.5. The molecule has 0 radical (unpaired) electrons. The summed E-state index contributed by atoms with van der Waals surface area (Å²) in [7, 11) is 2.25. The van der Waals surface area contributed by atoms with Crippen molar-refractivity contribution < 1.29 is 9.26 Å². The highest BCUT2D eigenvalue weighted by Crippen LogP contribution is 2.19. The lowest BCUT2D eigenvalue weighted by atomic mass is 10.0. The number of aryl methyl sites for hydroxylation is 1. The van der Waals surface area contributed by atoms with Crippen LogP contribution in [0.5, 0.6) is 0 Å². The second-order valence-electron chi connectivity index (χ2n) is 6.92. The highest BCUT2D eigenvalue weighted by Gasteiger charge is 2.26. The Morgan fingerprint density at radius 3 is 2.91 bits per heavy atom. The molecule has 2 atom stereocenters. The molecule has 2 aliphatic rings. The third kappa shape index (κ3) is 4.75. The summed E-state index contributed by atoms with van der Waals surface area (Å²) >= 11 is 0. The van der Waals surface area contributed by atoms with Crippen LogP contribution in [0.4, 0.5) is 0 Å². The van der Waals surface area contributed by atoms with Gasteiger partial charge in [0.1, 0.15) is 0 Å². The first kappa shape index (κ1) is 16.9. The average molecular weight is 322 g/mol. The van der Waals surface area contributed by atoms with E-state index in [0.717, 1.165) is 50.9 Å². The van der Waals surface area contributed by atoms with E-state index < -0.39 is 0 Å². The third-order valence-corrected chi connectivity index (χ3v) is 5.05. The van der Waals surface area contributed by atoms with E-state index >= 15 is 0 Å². The SMILES string of the molecule is CCc1nc(CN2CCC[C@H](N(C)C[C@@H]3CCCCO3)C2)no1. The number of piperidine rings is 1. The van der Waals surface area contributed by atoms with Crippen molar-refractivity contribution in [1.82, 2.24) is 19.9 Å². The molecule has 6 nitrogen and oxygen atoms in total. The Labute approximate surface area is 139 Å². The van der Waals surface area contributed by atoms with Crippen molar-refractivity contribution in [3.63, 3.8) is 0 Å². The molecule has 0 aromatic carbocycles. The van der Waals surface area contributed by atoms with Gasteiger partial charge in [0.25, 0.3) is 0 Å². The molecule has 0 bridgehead atoms. The van der Waals surface area contributed by atoms with Gasteiger partial charge in [-0.25, -0.2) is 0 Å². The Morgan fingerprint density at radius 2 is 2.17 bits per heavy atom. The Balaban J connectivity index is 1.48. The molecular weight excluding hydrogens is 292 g/mol. The predicted molar refractivity (Wildman–Crippen MR) is 88.2 cm³/mol. The normalized spacial score (nSPS) is 26.7.